The van der Waals surface area contributed by atoms with Gasteiger partial charge in [-0.25, -0.2) is 4.98 Å². The molecule has 0 fully saturated rings. The fourth-order valence-corrected chi connectivity index (χ4v) is 4.90. The molecular formula is C27H24BrIN4O5. The molecule has 0 N–H and O–H groups in total. The van der Waals surface area contributed by atoms with Crippen LogP contribution in [0.4, 0.5) is 5.69 Å². The highest BCUT2D eigenvalue weighted by Gasteiger charge is 2.14. The lowest BCUT2D eigenvalue weighted by atomic mass is 10.2. The van der Waals surface area contributed by atoms with Crippen molar-refractivity contribution in [1.82, 2.24) is 9.66 Å². The van der Waals surface area contributed by atoms with Gasteiger partial charge >= 0.3 is 0 Å². The Morgan fingerprint density at radius 2 is 1.95 bits per heavy atom. The first-order chi connectivity index (χ1) is 18.3. The highest BCUT2D eigenvalue weighted by atomic mass is 127. The number of unbranched alkanes of at least 4 members (excludes halogenated alkanes) is 1. The van der Waals surface area contributed by atoms with Gasteiger partial charge in [-0.3, -0.25) is 14.9 Å². The highest BCUT2D eigenvalue weighted by Crippen LogP contribution is 2.34. The number of methoxy groups -OCH3 is 1. The number of hydrogen-bond donors (Lipinski definition) is 0. The van der Waals surface area contributed by atoms with E-state index in [1.54, 1.807) is 37.6 Å². The van der Waals surface area contributed by atoms with Gasteiger partial charge in [-0.1, -0.05) is 29.3 Å². The Morgan fingerprint density at radius 1 is 1.18 bits per heavy atom. The molecule has 0 aliphatic carbocycles. The van der Waals surface area contributed by atoms with Crippen LogP contribution in [0.5, 0.6) is 11.5 Å². The fourth-order valence-electron chi connectivity index (χ4n) is 3.76. The van der Waals surface area contributed by atoms with E-state index in [-0.39, 0.29) is 17.9 Å². The molecule has 3 aromatic carbocycles. The molecule has 4 rings (SSSR count). The molecule has 0 unspecified atom stereocenters. The minimum atomic E-state index is -0.440. The van der Waals surface area contributed by atoms with E-state index in [2.05, 4.69) is 50.5 Å². The van der Waals surface area contributed by atoms with Crippen molar-refractivity contribution in [2.45, 2.75) is 32.8 Å². The number of benzene rings is 3. The van der Waals surface area contributed by atoms with Gasteiger partial charge in [0.05, 0.1) is 32.7 Å². The number of ether oxygens (including phenoxy) is 2. The van der Waals surface area contributed by atoms with Gasteiger partial charge in [0.25, 0.3) is 11.2 Å². The Labute approximate surface area is 240 Å². The van der Waals surface area contributed by atoms with Gasteiger partial charge in [0.15, 0.2) is 11.5 Å². The van der Waals surface area contributed by atoms with Crippen molar-refractivity contribution < 1.29 is 14.4 Å². The van der Waals surface area contributed by atoms with Crippen molar-refractivity contribution in [2.75, 3.05) is 7.11 Å². The Balaban J connectivity index is 1.63. The Hall–Kier alpha value is -3.32. The SMILES string of the molecule is CCCCc1nc2ccc(Br)cc2c(=O)n1N=Cc1cc(I)c(OCc2ccc([N+](=O)[O-])cc2)c(OC)c1. The molecule has 0 aliphatic heterocycles. The minimum absolute atomic E-state index is 0.0238. The van der Waals surface area contributed by atoms with Crippen molar-refractivity contribution in [3.63, 3.8) is 0 Å². The van der Waals surface area contributed by atoms with Crippen LogP contribution in [0, 0.1) is 13.7 Å². The lowest BCUT2D eigenvalue weighted by Crippen LogP contribution is -2.22. The molecule has 196 valence electrons. The van der Waals surface area contributed by atoms with E-state index in [1.165, 1.54) is 16.8 Å². The number of nitrogens with zero attached hydrogens (tertiary/aromatic N) is 4. The zero-order chi connectivity index (χ0) is 27.2. The molecule has 0 atom stereocenters. The minimum Gasteiger partial charge on any atom is -0.493 e. The van der Waals surface area contributed by atoms with Gasteiger partial charge in [0.2, 0.25) is 0 Å². The first-order valence-electron chi connectivity index (χ1n) is 11.8. The van der Waals surface area contributed by atoms with Crippen LogP contribution in [0.25, 0.3) is 10.9 Å². The van der Waals surface area contributed by atoms with Crippen molar-refractivity contribution >= 4 is 61.3 Å². The smallest absolute Gasteiger partial charge is 0.282 e. The third-order valence-corrected chi connectivity index (χ3v) is 7.03. The van der Waals surface area contributed by atoms with E-state index < -0.39 is 4.92 Å². The van der Waals surface area contributed by atoms with Crippen LogP contribution in [0.1, 0.15) is 36.7 Å². The molecule has 0 radical (unpaired) electrons. The van der Waals surface area contributed by atoms with Crippen LogP contribution >= 0.6 is 38.5 Å². The van der Waals surface area contributed by atoms with Gasteiger partial charge in [-0.05, 0) is 82.6 Å². The van der Waals surface area contributed by atoms with E-state index >= 15 is 0 Å². The lowest BCUT2D eigenvalue weighted by molar-refractivity contribution is -0.384. The normalized spacial score (nSPS) is 11.3. The van der Waals surface area contributed by atoms with Gasteiger partial charge < -0.3 is 9.47 Å². The third-order valence-electron chi connectivity index (χ3n) is 5.73. The molecule has 1 aromatic heterocycles. The summed E-state index contributed by atoms with van der Waals surface area (Å²) in [5.74, 6) is 1.65. The summed E-state index contributed by atoms with van der Waals surface area (Å²) in [6.07, 6.45) is 4.09. The molecule has 0 bridgehead atoms. The number of halogens is 2. The summed E-state index contributed by atoms with van der Waals surface area (Å²) in [7, 11) is 1.55. The van der Waals surface area contributed by atoms with Crippen molar-refractivity contribution in [3.8, 4) is 11.5 Å². The fraction of sp³-hybridized carbons (Fsp3) is 0.222. The summed E-state index contributed by atoms with van der Waals surface area (Å²) >= 11 is 5.58. The Kier molecular flexibility index (Phi) is 9.10. The van der Waals surface area contributed by atoms with Crippen LogP contribution in [0.15, 0.2) is 69.0 Å². The zero-order valence-electron chi connectivity index (χ0n) is 20.7. The van der Waals surface area contributed by atoms with Gasteiger partial charge in [0.1, 0.15) is 12.4 Å². The maximum atomic E-state index is 13.3. The molecular weight excluding hydrogens is 667 g/mol. The van der Waals surface area contributed by atoms with Crippen molar-refractivity contribution in [1.29, 1.82) is 0 Å². The first kappa shape index (κ1) is 27.7. The molecule has 0 saturated heterocycles. The summed E-state index contributed by atoms with van der Waals surface area (Å²) in [5, 5.41) is 15.9. The number of nitro groups is 1. The second-order valence-corrected chi connectivity index (χ2v) is 10.5. The Morgan fingerprint density at radius 3 is 2.63 bits per heavy atom. The molecule has 9 nitrogen and oxygen atoms in total. The number of nitro benzene ring substituents is 1. The topological polar surface area (TPSA) is 109 Å². The van der Waals surface area contributed by atoms with Gasteiger partial charge in [0, 0.05) is 23.0 Å². The molecule has 1 heterocycles. The molecule has 0 amide bonds. The average Bonchev–Trinajstić information content (AvgIpc) is 2.91. The Bertz CT molecular complexity index is 1570. The van der Waals surface area contributed by atoms with Crippen LogP contribution in [0.2, 0.25) is 0 Å². The van der Waals surface area contributed by atoms with E-state index in [0.29, 0.717) is 34.6 Å². The number of rotatable bonds is 10. The summed E-state index contributed by atoms with van der Waals surface area (Å²) in [6, 6.07) is 15.3. The summed E-state index contributed by atoms with van der Waals surface area (Å²) in [4.78, 5) is 28.5. The average molecular weight is 691 g/mol. The van der Waals surface area contributed by atoms with Crippen LogP contribution in [-0.2, 0) is 13.0 Å². The van der Waals surface area contributed by atoms with Crippen molar-refractivity contribution in [3.05, 3.63) is 100 Å². The molecule has 0 spiro atoms. The molecule has 4 aromatic rings. The first-order valence-corrected chi connectivity index (χ1v) is 13.7. The van der Waals surface area contributed by atoms with E-state index in [9.17, 15) is 14.9 Å². The number of fused-ring (bicyclic) bond motifs is 1. The van der Waals surface area contributed by atoms with Crippen LogP contribution < -0.4 is 15.0 Å². The second kappa shape index (κ2) is 12.5. The number of aromatic nitrogens is 2. The van der Waals surface area contributed by atoms with Gasteiger partial charge in [-0.2, -0.15) is 9.78 Å². The maximum Gasteiger partial charge on any atom is 0.282 e. The zero-order valence-corrected chi connectivity index (χ0v) is 24.4. The van der Waals surface area contributed by atoms with Crippen LogP contribution in [0.3, 0.4) is 0 Å². The predicted octanol–water partition coefficient (Wildman–Crippen LogP) is 6.48. The monoisotopic (exact) mass is 690 g/mol. The standard InChI is InChI=1S/C27H24BrIN4O5/c1-3-4-5-25-31-23-11-8-19(28)14-21(23)27(34)32(25)30-15-18-12-22(29)26(24(13-18)37-2)38-16-17-6-9-20(10-7-17)33(35)36/h6-15H,3-5,16H2,1-2H3. The quantitative estimate of drug-likeness (QED) is 0.0816. The maximum absolute atomic E-state index is 13.3. The van der Waals surface area contributed by atoms with E-state index in [0.717, 1.165) is 32.0 Å². The number of aryl methyl sites for hydroxylation is 1. The largest absolute Gasteiger partial charge is 0.493 e. The predicted molar refractivity (Wildman–Crippen MR) is 158 cm³/mol. The lowest BCUT2D eigenvalue weighted by Gasteiger charge is -2.14. The highest BCUT2D eigenvalue weighted by molar-refractivity contribution is 14.1. The number of hydrogen-bond acceptors (Lipinski definition) is 7. The summed E-state index contributed by atoms with van der Waals surface area (Å²) < 4.78 is 14.5. The number of non-ortho nitro benzene ring substituents is 1. The molecule has 11 heteroatoms. The second-order valence-electron chi connectivity index (χ2n) is 8.40. The van der Waals surface area contributed by atoms with Gasteiger partial charge in [-0.15, -0.1) is 0 Å². The van der Waals surface area contributed by atoms with Crippen molar-refractivity contribution in [2.24, 2.45) is 5.10 Å². The third kappa shape index (κ3) is 6.38. The molecule has 0 aliphatic rings. The van der Waals surface area contributed by atoms with E-state index in [4.69, 9.17) is 14.5 Å². The summed E-state index contributed by atoms with van der Waals surface area (Å²) in [6.45, 7) is 2.30. The molecule has 38 heavy (non-hydrogen) atoms. The molecule has 0 saturated carbocycles. The van der Waals surface area contributed by atoms with Crippen LogP contribution in [-0.4, -0.2) is 27.9 Å². The van der Waals surface area contributed by atoms with E-state index in [1.807, 2.05) is 18.2 Å². The summed E-state index contributed by atoms with van der Waals surface area (Å²) in [5.41, 5.74) is 1.94.